The lowest BCUT2D eigenvalue weighted by Gasteiger charge is -2.12. The van der Waals surface area contributed by atoms with Crippen LogP contribution in [0, 0.1) is 0 Å². The van der Waals surface area contributed by atoms with Crippen molar-refractivity contribution < 1.29 is 34.2 Å². The molecule has 0 aliphatic carbocycles. The monoisotopic (exact) mass is 333 g/mol. The van der Waals surface area contributed by atoms with E-state index in [-0.39, 0.29) is 13.1 Å². The largest absolute Gasteiger partial charge is 0.480 e. The highest BCUT2D eigenvalue weighted by atomic mass is 16.4. The van der Waals surface area contributed by atoms with E-state index in [2.05, 4.69) is 16.0 Å². The van der Waals surface area contributed by atoms with Gasteiger partial charge in [-0.15, -0.1) is 0 Å². The number of nitrogens with one attached hydrogen (secondary N) is 4. The number of amides is 4. The van der Waals surface area contributed by atoms with Crippen LogP contribution in [0.5, 0.6) is 0 Å². The van der Waals surface area contributed by atoms with Crippen molar-refractivity contribution in [2.45, 2.75) is 6.04 Å². The van der Waals surface area contributed by atoms with Crippen molar-refractivity contribution in [2.24, 2.45) is 5.73 Å². The van der Waals surface area contributed by atoms with Gasteiger partial charge < -0.3 is 37.2 Å². The van der Waals surface area contributed by atoms with Crippen LogP contribution in [-0.4, -0.2) is 78.6 Å². The maximum Gasteiger partial charge on any atom is 0.328 e. The minimum absolute atomic E-state index is 0.270. The van der Waals surface area contributed by atoms with Gasteiger partial charge in [0.15, 0.2) is 0 Å². The third-order valence-electron chi connectivity index (χ3n) is 2.34. The summed E-state index contributed by atoms with van der Waals surface area (Å²) in [7, 11) is 0. The molecule has 0 rings (SSSR count). The number of carboxylic acid groups (broad SMARTS) is 1. The molecule has 23 heavy (non-hydrogen) atoms. The van der Waals surface area contributed by atoms with Gasteiger partial charge in [0.1, 0.15) is 6.04 Å². The Morgan fingerprint density at radius 1 is 0.826 bits per heavy atom. The Labute approximate surface area is 130 Å². The van der Waals surface area contributed by atoms with Gasteiger partial charge in [-0.05, 0) is 0 Å². The lowest BCUT2D eigenvalue weighted by atomic mass is 10.3. The molecule has 0 aromatic heterocycles. The summed E-state index contributed by atoms with van der Waals surface area (Å²) in [6.45, 7) is -2.37. The van der Waals surface area contributed by atoms with Crippen LogP contribution >= 0.6 is 0 Å². The molecule has 0 aromatic carbocycles. The highest BCUT2D eigenvalue weighted by Crippen LogP contribution is 1.82. The zero-order chi connectivity index (χ0) is 17.8. The van der Waals surface area contributed by atoms with Gasteiger partial charge in [-0.25, -0.2) is 4.79 Å². The lowest BCUT2D eigenvalue weighted by molar-refractivity contribution is -0.142. The molecule has 1 unspecified atom stereocenters. The molecule has 4 amide bonds. The van der Waals surface area contributed by atoms with Crippen LogP contribution in [0.15, 0.2) is 0 Å². The van der Waals surface area contributed by atoms with Crippen LogP contribution in [0.1, 0.15) is 0 Å². The van der Waals surface area contributed by atoms with Gasteiger partial charge in [-0.2, -0.15) is 0 Å². The molecule has 0 aliphatic heterocycles. The van der Waals surface area contributed by atoms with E-state index in [0.29, 0.717) is 0 Å². The average Bonchev–Trinajstić information content (AvgIpc) is 2.53. The maximum atomic E-state index is 11.4. The van der Waals surface area contributed by atoms with Crippen LogP contribution < -0.4 is 27.0 Å². The van der Waals surface area contributed by atoms with E-state index >= 15 is 0 Å². The Kier molecular flexibility index (Phi) is 9.62. The van der Waals surface area contributed by atoms with Gasteiger partial charge in [-0.1, -0.05) is 0 Å². The van der Waals surface area contributed by atoms with Crippen molar-refractivity contribution >= 4 is 29.6 Å². The number of carbonyl (C=O) groups excluding carboxylic acids is 4. The molecule has 0 heterocycles. The van der Waals surface area contributed by atoms with Gasteiger partial charge in [0.05, 0.1) is 32.8 Å². The first-order valence-electron chi connectivity index (χ1n) is 6.43. The highest BCUT2D eigenvalue weighted by Gasteiger charge is 2.18. The van der Waals surface area contributed by atoms with E-state index < -0.39 is 55.3 Å². The molecule has 0 saturated heterocycles. The summed E-state index contributed by atoms with van der Waals surface area (Å²) >= 11 is 0. The van der Waals surface area contributed by atoms with E-state index in [1.807, 2.05) is 5.32 Å². The second-order valence-electron chi connectivity index (χ2n) is 4.18. The fourth-order valence-electron chi connectivity index (χ4n) is 1.16. The first-order valence-corrected chi connectivity index (χ1v) is 6.43. The normalized spacial score (nSPS) is 11.0. The zero-order valence-corrected chi connectivity index (χ0v) is 12.1. The van der Waals surface area contributed by atoms with Gasteiger partial charge in [0.25, 0.3) is 0 Å². The predicted molar refractivity (Wildman–Crippen MR) is 74.7 cm³/mol. The first kappa shape index (κ1) is 20.3. The van der Waals surface area contributed by atoms with Crippen molar-refractivity contribution in [3.63, 3.8) is 0 Å². The Morgan fingerprint density at radius 3 is 1.65 bits per heavy atom. The van der Waals surface area contributed by atoms with Gasteiger partial charge in [0.2, 0.25) is 23.6 Å². The first-order chi connectivity index (χ1) is 10.8. The molecule has 0 radical (unpaired) electrons. The topological polar surface area (TPSA) is 200 Å². The molecule has 12 heteroatoms. The van der Waals surface area contributed by atoms with Crippen LogP contribution in [0.25, 0.3) is 0 Å². The molecule has 0 bridgehead atoms. The Balaban J connectivity index is 3.94. The number of rotatable bonds is 10. The van der Waals surface area contributed by atoms with E-state index in [4.69, 9.17) is 15.9 Å². The minimum atomic E-state index is -1.47. The Bertz CT molecular complexity index is 468. The van der Waals surface area contributed by atoms with Crippen molar-refractivity contribution in [3.05, 3.63) is 0 Å². The molecular formula is C11H19N5O7. The summed E-state index contributed by atoms with van der Waals surface area (Å²) in [5.74, 6) is -4.09. The maximum absolute atomic E-state index is 11.4. The quantitative estimate of drug-likeness (QED) is 0.206. The van der Waals surface area contributed by atoms with Crippen molar-refractivity contribution in [1.29, 1.82) is 0 Å². The second-order valence-corrected chi connectivity index (χ2v) is 4.18. The summed E-state index contributed by atoms with van der Waals surface area (Å²) in [5.41, 5.74) is 5.01. The van der Waals surface area contributed by atoms with Crippen LogP contribution in [0.2, 0.25) is 0 Å². The molecule has 0 spiro atoms. The van der Waals surface area contributed by atoms with Crippen molar-refractivity contribution in [2.75, 3.05) is 32.8 Å². The smallest absolute Gasteiger partial charge is 0.328 e. The summed E-state index contributed by atoms with van der Waals surface area (Å²) in [6.07, 6.45) is 0. The van der Waals surface area contributed by atoms with Gasteiger partial charge in [0, 0.05) is 0 Å². The molecule has 0 aromatic rings. The molecule has 12 nitrogen and oxygen atoms in total. The van der Waals surface area contributed by atoms with E-state index in [9.17, 15) is 24.0 Å². The fourth-order valence-corrected chi connectivity index (χ4v) is 1.16. The third-order valence-corrected chi connectivity index (χ3v) is 2.34. The average molecular weight is 333 g/mol. The number of hydrogen-bond acceptors (Lipinski definition) is 7. The number of aliphatic hydroxyl groups excluding tert-OH is 1. The van der Waals surface area contributed by atoms with E-state index in [0.717, 1.165) is 0 Å². The fraction of sp³-hybridized carbons (Fsp3) is 0.545. The summed E-state index contributed by atoms with van der Waals surface area (Å²) in [5, 5.41) is 25.8. The molecule has 1 atom stereocenters. The third kappa shape index (κ3) is 9.76. The van der Waals surface area contributed by atoms with Gasteiger partial charge >= 0.3 is 5.97 Å². The number of aliphatic hydroxyl groups is 1. The van der Waals surface area contributed by atoms with Crippen molar-refractivity contribution in [1.82, 2.24) is 21.3 Å². The number of hydrogen-bond donors (Lipinski definition) is 7. The lowest BCUT2D eigenvalue weighted by Crippen LogP contribution is -2.48. The summed E-state index contributed by atoms with van der Waals surface area (Å²) < 4.78 is 0. The standard InChI is InChI=1S/C11H19N5O7/c12-1-7(18)13-2-8(19)14-3-9(20)15-4-10(21)16-6(5-17)11(22)23/h6,17H,1-5,12H2,(H,13,18)(H,14,19)(H,15,20)(H,16,21)(H,22,23). The van der Waals surface area contributed by atoms with Crippen LogP contribution in [-0.2, 0) is 24.0 Å². The van der Waals surface area contributed by atoms with Gasteiger partial charge in [-0.3, -0.25) is 19.2 Å². The number of aliphatic carboxylic acids is 1. The number of carbonyl (C=O) groups is 5. The molecule has 0 saturated carbocycles. The highest BCUT2D eigenvalue weighted by molar-refractivity contribution is 5.91. The molecule has 8 N–H and O–H groups in total. The predicted octanol–water partition coefficient (Wildman–Crippen LogP) is -5.14. The summed E-state index contributed by atoms with van der Waals surface area (Å²) in [6, 6.07) is -1.47. The van der Waals surface area contributed by atoms with Crippen LogP contribution in [0.3, 0.4) is 0 Å². The molecule has 0 fully saturated rings. The van der Waals surface area contributed by atoms with Crippen LogP contribution in [0.4, 0.5) is 0 Å². The number of nitrogens with two attached hydrogens (primary N) is 1. The Hall–Kier alpha value is -2.73. The zero-order valence-electron chi connectivity index (χ0n) is 12.1. The SMILES string of the molecule is NCC(=O)NCC(=O)NCC(=O)NCC(=O)NC(CO)C(=O)O. The molecular weight excluding hydrogens is 314 g/mol. The van der Waals surface area contributed by atoms with E-state index in [1.54, 1.807) is 0 Å². The minimum Gasteiger partial charge on any atom is -0.480 e. The van der Waals surface area contributed by atoms with E-state index in [1.165, 1.54) is 0 Å². The molecule has 130 valence electrons. The molecule has 0 aliphatic rings. The number of carboxylic acids is 1. The second kappa shape index (κ2) is 10.9. The Morgan fingerprint density at radius 2 is 1.26 bits per heavy atom. The van der Waals surface area contributed by atoms with Crippen molar-refractivity contribution in [3.8, 4) is 0 Å². The summed E-state index contributed by atoms with van der Waals surface area (Å²) in [4.78, 5) is 55.3.